The zero-order valence-corrected chi connectivity index (χ0v) is 33.9. The molecule has 0 radical (unpaired) electrons. The molecule has 4 amide bonds. The number of halogens is 1. The molecule has 296 valence electrons. The SMILES string of the molecule is Cc1nn(C)cc1-c1nc2ncc(Br)c(Oc3ccc(C(=O)N4CCC(C(=O)N(C)CC5CCN(c6ccc([C@@H]7CCC(=O)NC7=O)cc6)CC5)CC4)cc3)c2[nH]1. The number of rotatable bonds is 9. The second-order valence-corrected chi connectivity index (χ2v) is 16.3. The molecule has 3 aliphatic rings. The summed E-state index contributed by atoms with van der Waals surface area (Å²) in [6, 6.07) is 15.2. The minimum atomic E-state index is -0.280. The number of benzene rings is 2. The number of hydrogen-bond acceptors (Lipinski definition) is 9. The van der Waals surface area contributed by atoms with Gasteiger partial charge in [0.1, 0.15) is 17.1 Å². The molecule has 2 aromatic carbocycles. The van der Waals surface area contributed by atoms with E-state index in [-0.39, 0.29) is 35.5 Å². The Labute approximate surface area is 339 Å². The second-order valence-electron chi connectivity index (χ2n) is 15.5. The summed E-state index contributed by atoms with van der Waals surface area (Å²) in [5.74, 6) is 1.47. The van der Waals surface area contributed by atoms with Gasteiger partial charge in [-0.05, 0) is 103 Å². The Hall–Kier alpha value is -5.57. The van der Waals surface area contributed by atoms with Crippen molar-refractivity contribution in [1.29, 1.82) is 0 Å². The van der Waals surface area contributed by atoms with Crippen molar-refractivity contribution in [2.45, 2.75) is 51.4 Å². The van der Waals surface area contributed by atoms with Crippen molar-refractivity contribution in [3.05, 3.63) is 82.2 Å². The molecule has 0 spiro atoms. The number of imide groups is 1. The van der Waals surface area contributed by atoms with E-state index in [0.717, 1.165) is 55.0 Å². The van der Waals surface area contributed by atoms with Crippen LogP contribution >= 0.6 is 15.9 Å². The van der Waals surface area contributed by atoms with Crippen molar-refractivity contribution in [2.24, 2.45) is 18.9 Å². The van der Waals surface area contributed by atoms with E-state index in [1.165, 1.54) is 0 Å². The summed E-state index contributed by atoms with van der Waals surface area (Å²) in [6.45, 7) is 5.52. The number of carbonyl (C=O) groups excluding carboxylic acids is 4. The molecule has 3 aliphatic heterocycles. The van der Waals surface area contributed by atoms with E-state index < -0.39 is 0 Å². The predicted octanol–water partition coefficient (Wildman–Crippen LogP) is 5.97. The van der Waals surface area contributed by atoms with E-state index in [1.807, 2.05) is 49.1 Å². The normalized spacial score (nSPS) is 18.2. The molecule has 5 aromatic rings. The fourth-order valence-corrected chi connectivity index (χ4v) is 8.74. The van der Waals surface area contributed by atoms with Gasteiger partial charge in [0.2, 0.25) is 17.7 Å². The van der Waals surface area contributed by atoms with Gasteiger partial charge in [-0.2, -0.15) is 5.10 Å². The lowest BCUT2D eigenvalue weighted by molar-refractivity contribution is -0.136. The van der Waals surface area contributed by atoms with E-state index >= 15 is 0 Å². The molecule has 6 heterocycles. The lowest BCUT2D eigenvalue weighted by Crippen LogP contribution is -2.45. The van der Waals surface area contributed by atoms with E-state index in [9.17, 15) is 19.2 Å². The number of fused-ring (bicyclic) bond motifs is 1. The molecule has 3 saturated heterocycles. The molecule has 2 N–H and O–H groups in total. The lowest BCUT2D eigenvalue weighted by Gasteiger charge is -2.37. The fourth-order valence-electron chi connectivity index (χ4n) is 8.36. The molecule has 14 nitrogen and oxygen atoms in total. The van der Waals surface area contributed by atoms with Crippen molar-refractivity contribution < 1.29 is 23.9 Å². The van der Waals surface area contributed by atoms with Gasteiger partial charge in [0.05, 0.1) is 21.6 Å². The van der Waals surface area contributed by atoms with Crippen molar-refractivity contribution in [1.82, 2.24) is 39.8 Å². The molecule has 0 saturated carbocycles. The molecule has 15 heteroatoms. The van der Waals surface area contributed by atoms with Crippen molar-refractivity contribution in [3.63, 3.8) is 0 Å². The van der Waals surface area contributed by atoms with Gasteiger partial charge < -0.3 is 24.4 Å². The van der Waals surface area contributed by atoms with E-state index in [0.29, 0.717) is 83.2 Å². The first-order valence-corrected chi connectivity index (χ1v) is 20.4. The Bertz CT molecular complexity index is 2310. The van der Waals surface area contributed by atoms with Crippen LogP contribution in [0.1, 0.15) is 66.1 Å². The number of imidazole rings is 1. The quantitative estimate of drug-likeness (QED) is 0.171. The van der Waals surface area contributed by atoms with Gasteiger partial charge in [-0.25, -0.2) is 9.97 Å². The minimum absolute atomic E-state index is 0.0595. The number of carbonyl (C=O) groups is 4. The molecular formula is C42H46BrN9O5. The molecule has 3 aromatic heterocycles. The molecule has 1 atom stereocenters. The summed E-state index contributed by atoms with van der Waals surface area (Å²) in [4.78, 5) is 69.4. The Morgan fingerprint density at radius 1 is 0.965 bits per heavy atom. The van der Waals surface area contributed by atoms with Crippen LogP contribution in [0.15, 0.2) is 65.4 Å². The van der Waals surface area contributed by atoms with E-state index in [4.69, 9.17) is 4.74 Å². The van der Waals surface area contributed by atoms with Crippen LogP contribution in [0.25, 0.3) is 22.6 Å². The van der Waals surface area contributed by atoms with Gasteiger partial charge in [0, 0.05) is 82.8 Å². The number of nitrogens with one attached hydrogen (secondary N) is 2. The molecule has 0 aliphatic carbocycles. The predicted molar refractivity (Wildman–Crippen MR) is 218 cm³/mol. The third kappa shape index (κ3) is 8.16. The maximum absolute atomic E-state index is 13.5. The van der Waals surface area contributed by atoms with Crippen LogP contribution in [0.5, 0.6) is 11.5 Å². The van der Waals surface area contributed by atoms with Crippen LogP contribution in [0.3, 0.4) is 0 Å². The number of anilines is 1. The molecule has 57 heavy (non-hydrogen) atoms. The van der Waals surface area contributed by atoms with Crippen molar-refractivity contribution in [2.75, 3.05) is 44.7 Å². The number of H-pyrrole nitrogens is 1. The zero-order valence-electron chi connectivity index (χ0n) is 32.3. The third-order valence-corrected chi connectivity index (χ3v) is 12.1. The summed E-state index contributed by atoms with van der Waals surface area (Å²) in [5.41, 5.74) is 5.51. The Balaban J connectivity index is 0.800. The van der Waals surface area contributed by atoms with Gasteiger partial charge in [0.15, 0.2) is 11.4 Å². The standard InChI is InChI=1S/C42H46BrN9O5/c1-25-33(24-50(3)48-25)38-46-36-37(34(43)22-44-39(36)47-38)57-31-10-6-28(7-11-31)42(56)52-20-16-29(17-21-52)41(55)49(2)23-26-14-18-51(19-15-26)30-8-4-27(5-9-30)32-12-13-35(53)45-40(32)54/h4-11,22,24,26,29,32H,12-21,23H2,1-3H3,(H,44,46,47)(H,45,53,54)/t32-/m0/s1. The number of aryl methyl sites for hydroxylation is 2. The highest BCUT2D eigenvalue weighted by molar-refractivity contribution is 9.10. The smallest absolute Gasteiger partial charge is 0.253 e. The maximum atomic E-state index is 13.5. The van der Waals surface area contributed by atoms with Crippen LogP contribution in [0.2, 0.25) is 0 Å². The lowest BCUT2D eigenvalue weighted by atomic mass is 9.90. The van der Waals surface area contributed by atoms with Gasteiger partial charge in [0.25, 0.3) is 5.91 Å². The first-order valence-electron chi connectivity index (χ1n) is 19.6. The third-order valence-electron chi connectivity index (χ3n) is 11.6. The molecule has 8 rings (SSSR count). The summed E-state index contributed by atoms with van der Waals surface area (Å²) in [5, 5.41) is 6.86. The summed E-state index contributed by atoms with van der Waals surface area (Å²) in [6.07, 6.45) is 7.73. The van der Waals surface area contributed by atoms with Crippen LogP contribution in [0.4, 0.5) is 5.69 Å². The van der Waals surface area contributed by atoms with Crippen LogP contribution < -0.4 is 15.0 Å². The number of amides is 4. The average molecular weight is 837 g/mol. The van der Waals surface area contributed by atoms with Crippen molar-refractivity contribution in [3.8, 4) is 22.9 Å². The highest BCUT2D eigenvalue weighted by Gasteiger charge is 2.32. The van der Waals surface area contributed by atoms with E-state index in [1.54, 1.807) is 35.1 Å². The van der Waals surface area contributed by atoms with Crippen LogP contribution in [-0.2, 0) is 21.4 Å². The number of hydrogen-bond donors (Lipinski definition) is 2. The number of aromatic amines is 1. The Kier molecular flexibility index (Phi) is 10.8. The molecule has 0 unspecified atom stereocenters. The number of nitrogens with zero attached hydrogens (tertiary/aromatic N) is 7. The monoisotopic (exact) mass is 835 g/mol. The number of pyridine rings is 1. The fraction of sp³-hybridized carbons (Fsp3) is 0.405. The topological polar surface area (TPSA) is 159 Å². The largest absolute Gasteiger partial charge is 0.454 e. The van der Waals surface area contributed by atoms with Gasteiger partial charge in [-0.3, -0.25) is 29.2 Å². The van der Waals surface area contributed by atoms with Gasteiger partial charge >= 0.3 is 0 Å². The summed E-state index contributed by atoms with van der Waals surface area (Å²) in [7, 11) is 3.77. The highest BCUT2D eigenvalue weighted by Crippen LogP contribution is 2.37. The number of likely N-dealkylation sites (tertiary alicyclic amines) is 1. The molecule has 3 fully saturated rings. The number of piperidine rings is 3. The number of aromatic nitrogens is 5. The van der Waals surface area contributed by atoms with Crippen LogP contribution in [-0.4, -0.2) is 97.9 Å². The van der Waals surface area contributed by atoms with Gasteiger partial charge in [-0.15, -0.1) is 0 Å². The highest BCUT2D eigenvalue weighted by atomic mass is 79.9. The summed E-state index contributed by atoms with van der Waals surface area (Å²) < 4.78 is 8.70. The van der Waals surface area contributed by atoms with Gasteiger partial charge in [-0.1, -0.05) is 12.1 Å². The van der Waals surface area contributed by atoms with E-state index in [2.05, 4.69) is 58.3 Å². The first-order chi connectivity index (χ1) is 27.5. The second kappa shape index (κ2) is 16.1. The van der Waals surface area contributed by atoms with Crippen molar-refractivity contribution >= 4 is 56.4 Å². The maximum Gasteiger partial charge on any atom is 0.253 e. The Morgan fingerprint density at radius 3 is 2.35 bits per heavy atom. The zero-order chi connectivity index (χ0) is 39.8. The number of ether oxygens (including phenoxy) is 1. The minimum Gasteiger partial charge on any atom is -0.454 e. The molecule has 0 bridgehead atoms. The van der Waals surface area contributed by atoms with Crippen LogP contribution in [0, 0.1) is 18.8 Å². The molecular weight excluding hydrogens is 790 g/mol. The summed E-state index contributed by atoms with van der Waals surface area (Å²) >= 11 is 3.56. The Morgan fingerprint density at radius 2 is 1.68 bits per heavy atom. The first kappa shape index (κ1) is 38.3. The average Bonchev–Trinajstić information content (AvgIpc) is 3.81.